The number of aliphatic hydroxyl groups excluding tert-OH is 22. The maximum Gasteiger partial charge on any atom is 0.218 e. The van der Waals surface area contributed by atoms with Crippen LogP contribution < -0.4 is 0 Å². The Morgan fingerprint density at radius 1 is 0.288 bits per heavy atom. The second-order valence-corrected chi connectivity index (χ2v) is 14.7. The lowest BCUT2D eigenvalue weighted by Gasteiger charge is -2.43. The fourth-order valence-corrected chi connectivity index (χ4v) is 6.57. The number of ether oxygens (including phenoxy) is 8. The van der Waals surface area contributed by atoms with Crippen molar-refractivity contribution in [3.63, 3.8) is 0 Å². The number of fused-ring (bicyclic) bond motifs is 2. The molecule has 5 aliphatic heterocycles. The van der Waals surface area contributed by atoms with Gasteiger partial charge in [-0.3, -0.25) is 0 Å². The molecular weight excluding hydrogens is 912 g/mol. The smallest absolute Gasteiger partial charge is 0.218 e. The Labute approximate surface area is 372 Å². The summed E-state index contributed by atoms with van der Waals surface area (Å²) in [5.74, 6) is -11.9. The molecule has 0 aliphatic carbocycles. The van der Waals surface area contributed by atoms with Crippen molar-refractivity contribution in [2.45, 2.75) is 137 Å². The average Bonchev–Trinajstić information content (AvgIpc) is 3.30. The topological polar surface area (TPSA) is 519 Å². The number of aliphatic hydroxyl groups is 22. The molecule has 18 unspecified atom stereocenters. The molecule has 0 spiro atoms. The molecule has 30 nitrogen and oxygen atoms in total. The Hall–Kier alpha value is -3.52. The SMILES string of the molecule is OCCC1OC(O)/C(O)=C(\O)C(CCO)OC2OC(CO)C(OC(O)/C(O)=C(\O)C(CCO)OC3OC(CO)C(OC(O)/C(O)=C(\O)C(CCO)OC(O)/C(O)=C/1O)C(O)C3O)C(O)C2O. The third-order valence-electron chi connectivity index (χ3n) is 10.2. The second kappa shape index (κ2) is 26.3. The van der Waals surface area contributed by atoms with Crippen molar-refractivity contribution in [2.24, 2.45) is 0 Å². The normalized spacial score (nSPS) is 43.8. The van der Waals surface area contributed by atoms with Gasteiger partial charge >= 0.3 is 0 Å². The van der Waals surface area contributed by atoms with Crippen LogP contribution in [0.15, 0.2) is 46.1 Å². The monoisotopic (exact) mass is 972 g/mol. The third-order valence-corrected chi connectivity index (χ3v) is 10.2. The van der Waals surface area contributed by atoms with Crippen LogP contribution in [0.3, 0.4) is 0 Å². The highest BCUT2D eigenvalue weighted by Gasteiger charge is 2.50. The molecule has 0 aromatic rings. The Balaban J connectivity index is 2.17. The maximum absolute atomic E-state index is 11.0. The highest BCUT2D eigenvalue weighted by Crippen LogP contribution is 2.32. The fourth-order valence-electron chi connectivity index (χ4n) is 6.57. The lowest BCUT2D eigenvalue weighted by Crippen LogP contribution is -2.61. The van der Waals surface area contributed by atoms with Gasteiger partial charge in [-0.1, -0.05) is 0 Å². The lowest BCUT2D eigenvalue weighted by atomic mass is 9.98. The van der Waals surface area contributed by atoms with E-state index in [4.69, 9.17) is 37.9 Å². The summed E-state index contributed by atoms with van der Waals surface area (Å²) in [6, 6.07) is 0. The van der Waals surface area contributed by atoms with Crippen LogP contribution in [0.1, 0.15) is 25.7 Å². The Bertz CT molecular complexity index is 1620. The molecule has 66 heavy (non-hydrogen) atoms. The van der Waals surface area contributed by atoms with E-state index in [1.165, 1.54) is 0 Å². The van der Waals surface area contributed by atoms with Gasteiger partial charge in [-0.25, -0.2) is 0 Å². The van der Waals surface area contributed by atoms with Gasteiger partial charge < -0.3 is 150 Å². The highest BCUT2D eigenvalue weighted by molar-refractivity contribution is 5.13. The molecule has 30 heteroatoms. The zero-order chi connectivity index (χ0) is 49.7. The number of hydrogen-bond acceptors (Lipinski definition) is 30. The van der Waals surface area contributed by atoms with Crippen molar-refractivity contribution < 1.29 is 150 Å². The molecule has 4 bridgehead atoms. The van der Waals surface area contributed by atoms with Crippen LogP contribution in [0.4, 0.5) is 0 Å². The van der Waals surface area contributed by atoms with Crippen molar-refractivity contribution in [1.82, 2.24) is 0 Å². The first kappa shape index (κ1) is 56.8. The van der Waals surface area contributed by atoms with E-state index in [2.05, 4.69) is 0 Å². The van der Waals surface area contributed by atoms with E-state index in [9.17, 15) is 112 Å². The van der Waals surface area contributed by atoms with Crippen LogP contribution in [0, 0.1) is 0 Å². The number of rotatable bonds is 10. The zero-order valence-electron chi connectivity index (χ0n) is 34.6. The summed E-state index contributed by atoms with van der Waals surface area (Å²) >= 11 is 0. The van der Waals surface area contributed by atoms with Gasteiger partial charge in [-0.2, -0.15) is 0 Å². The van der Waals surface area contributed by atoms with Gasteiger partial charge in [0.1, 0.15) is 73.2 Å². The standard InChI is InChI=1S/C36H60O30/c37-5-1-11-17(43)23(49)31(55)60-12(2-6-38)18(44)25(51)33(57)65-29-15(9-41)64-36(28(54)21(29)47)62-14(4-8-40)20(46)26(52)34(58)66-30-16(10-42)63-35(27(53)22(30)48)61-13(3-7-39)19(45)24(50)32(56)59-11/h11-16,21-22,27-58H,1-10H2/b23-17+,24-19+,25-18+,26-20+. The maximum atomic E-state index is 11.0. The molecule has 2 saturated heterocycles. The van der Waals surface area contributed by atoms with E-state index in [1.54, 1.807) is 0 Å². The molecule has 0 aromatic heterocycles. The summed E-state index contributed by atoms with van der Waals surface area (Å²) in [6.45, 7) is -5.83. The summed E-state index contributed by atoms with van der Waals surface area (Å²) in [7, 11) is 0. The molecular formula is C36H60O30. The van der Waals surface area contributed by atoms with E-state index in [0.29, 0.717) is 0 Å². The summed E-state index contributed by atoms with van der Waals surface area (Å²) in [5, 5.41) is 231. The van der Waals surface area contributed by atoms with Crippen LogP contribution in [0.5, 0.6) is 0 Å². The van der Waals surface area contributed by atoms with Gasteiger partial charge in [0.25, 0.3) is 0 Å². The molecule has 0 amide bonds. The predicted octanol–water partition coefficient (Wildman–Crippen LogP) is -6.70. The quantitative estimate of drug-likeness (QED) is 0.0967. The van der Waals surface area contributed by atoms with Gasteiger partial charge in [0, 0.05) is 52.1 Å². The molecule has 5 heterocycles. The third kappa shape index (κ3) is 13.8. The van der Waals surface area contributed by atoms with Crippen LogP contribution in [0.2, 0.25) is 0 Å². The Kier molecular flexibility index (Phi) is 22.6. The van der Waals surface area contributed by atoms with Crippen molar-refractivity contribution in [2.75, 3.05) is 39.6 Å². The Morgan fingerprint density at radius 2 is 0.530 bits per heavy atom. The summed E-state index contributed by atoms with van der Waals surface area (Å²) in [6.07, 6.45) is -43.3. The van der Waals surface area contributed by atoms with Gasteiger partial charge in [-0.15, -0.1) is 0 Å². The number of hydrogen-bond donors (Lipinski definition) is 22. The van der Waals surface area contributed by atoms with E-state index in [-0.39, 0.29) is 0 Å². The van der Waals surface area contributed by atoms with Crippen LogP contribution in [0.25, 0.3) is 0 Å². The van der Waals surface area contributed by atoms with E-state index >= 15 is 0 Å². The second-order valence-electron chi connectivity index (χ2n) is 14.7. The summed E-state index contributed by atoms with van der Waals surface area (Å²) in [5.41, 5.74) is 0. The Morgan fingerprint density at radius 3 is 0.773 bits per heavy atom. The van der Waals surface area contributed by atoms with Gasteiger partial charge in [0.15, 0.2) is 58.7 Å². The minimum absolute atomic E-state index is 0.685. The van der Waals surface area contributed by atoms with E-state index in [1.807, 2.05) is 0 Å². The average molecular weight is 973 g/mol. The zero-order valence-corrected chi connectivity index (χ0v) is 34.6. The van der Waals surface area contributed by atoms with Crippen LogP contribution in [-0.2, 0) is 37.9 Å². The van der Waals surface area contributed by atoms with Crippen molar-refractivity contribution in [1.29, 1.82) is 0 Å². The predicted molar refractivity (Wildman–Crippen MR) is 205 cm³/mol. The molecule has 5 rings (SSSR count). The molecule has 22 N–H and O–H groups in total. The molecule has 384 valence electrons. The minimum Gasteiger partial charge on any atom is -0.506 e. The summed E-state index contributed by atoms with van der Waals surface area (Å²) in [4.78, 5) is 0. The van der Waals surface area contributed by atoms with Crippen molar-refractivity contribution in [3.8, 4) is 0 Å². The summed E-state index contributed by atoms with van der Waals surface area (Å²) < 4.78 is 42.1. The fraction of sp³-hybridized carbons (Fsp3) is 0.778. The van der Waals surface area contributed by atoms with Gasteiger partial charge in [0.05, 0.1) is 13.2 Å². The van der Waals surface area contributed by atoms with Crippen LogP contribution >= 0.6 is 0 Å². The van der Waals surface area contributed by atoms with Gasteiger partial charge in [-0.05, 0) is 0 Å². The van der Waals surface area contributed by atoms with Crippen LogP contribution in [-0.4, -0.2) is 263 Å². The molecule has 0 saturated carbocycles. The molecule has 18 atom stereocenters. The van der Waals surface area contributed by atoms with E-state index < -0.39 is 222 Å². The van der Waals surface area contributed by atoms with Crippen molar-refractivity contribution >= 4 is 0 Å². The molecule has 5 aliphatic rings. The molecule has 0 aromatic carbocycles. The first-order chi connectivity index (χ1) is 31.1. The largest absolute Gasteiger partial charge is 0.506 e. The first-order valence-electron chi connectivity index (χ1n) is 19.9. The lowest BCUT2D eigenvalue weighted by molar-refractivity contribution is -0.331. The first-order valence-corrected chi connectivity index (χ1v) is 19.9. The van der Waals surface area contributed by atoms with Gasteiger partial charge in [0.2, 0.25) is 25.2 Å². The molecule has 2 fully saturated rings. The van der Waals surface area contributed by atoms with E-state index in [0.717, 1.165) is 0 Å². The minimum atomic E-state index is -2.77. The molecule has 0 radical (unpaired) electrons. The van der Waals surface area contributed by atoms with Crippen molar-refractivity contribution in [3.05, 3.63) is 46.1 Å². The highest BCUT2D eigenvalue weighted by atomic mass is 16.7.